The lowest BCUT2D eigenvalue weighted by Gasteiger charge is -2.38. The summed E-state index contributed by atoms with van der Waals surface area (Å²) in [5, 5.41) is 0. The van der Waals surface area contributed by atoms with Gasteiger partial charge >= 0.3 is 0 Å². The van der Waals surface area contributed by atoms with E-state index in [4.69, 9.17) is 5.73 Å². The fourth-order valence-electron chi connectivity index (χ4n) is 3.14. The molecule has 1 fully saturated rings. The van der Waals surface area contributed by atoms with Crippen molar-refractivity contribution in [2.24, 2.45) is 17.6 Å². The molecule has 1 aliphatic heterocycles. The van der Waals surface area contributed by atoms with Crippen molar-refractivity contribution in [1.82, 2.24) is 4.90 Å². The Kier molecular flexibility index (Phi) is 5.58. The zero-order chi connectivity index (χ0) is 14.7. The number of nitrogens with two attached hydrogens (primary N) is 1. The summed E-state index contributed by atoms with van der Waals surface area (Å²) in [5.41, 5.74) is 6.93. The minimum Gasteiger partial charge on any atom is -0.329 e. The first-order chi connectivity index (χ1) is 9.52. The van der Waals surface area contributed by atoms with Crippen molar-refractivity contribution in [3.05, 3.63) is 34.1 Å². The maximum absolute atomic E-state index is 13.5. The summed E-state index contributed by atoms with van der Waals surface area (Å²) >= 11 is 3.52. The van der Waals surface area contributed by atoms with Crippen LogP contribution in [0.2, 0.25) is 0 Å². The van der Waals surface area contributed by atoms with Gasteiger partial charge in [-0.25, -0.2) is 4.39 Å². The molecule has 1 heterocycles. The van der Waals surface area contributed by atoms with Gasteiger partial charge in [-0.15, -0.1) is 0 Å². The molecule has 2 N–H and O–H groups in total. The smallest absolute Gasteiger partial charge is 0.123 e. The first kappa shape index (κ1) is 15.9. The summed E-state index contributed by atoms with van der Waals surface area (Å²) in [6.07, 6.45) is 2.42. The lowest BCUT2D eigenvalue weighted by molar-refractivity contribution is 0.117. The Balaban J connectivity index is 2.11. The Morgan fingerprint density at radius 3 is 2.55 bits per heavy atom. The topological polar surface area (TPSA) is 29.3 Å². The van der Waals surface area contributed by atoms with Crippen LogP contribution in [0.25, 0.3) is 0 Å². The summed E-state index contributed by atoms with van der Waals surface area (Å²) in [6.45, 7) is 7.21. The molecular weight excluding hydrogens is 319 g/mol. The van der Waals surface area contributed by atoms with E-state index in [0.717, 1.165) is 35.0 Å². The van der Waals surface area contributed by atoms with E-state index in [1.165, 1.54) is 18.9 Å². The summed E-state index contributed by atoms with van der Waals surface area (Å²) in [5.74, 6) is 1.36. The van der Waals surface area contributed by atoms with E-state index in [-0.39, 0.29) is 11.9 Å². The Hall–Kier alpha value is -0.450. The number of benzene rings is 1. The van der Waals surface area contributed by atoms with Crippen LogP contribution in [0.15, 0.2) is 22.7 Å². The Morgan fingerprint density at radius 1 is 1.35 bits per heavy atom. The molecule has 1 saturated heterocycles. The maximum Gasteiger partial charge on any atom is 0.123 e. The minimum atomic E-state index is -0.196. The molecule has 1 unspecified atom stereocenters. The molecule has 4 heteroatoms. The standard InChI is InChI=1S/C16H24BrFN2/c1-11(2)12-5-7-20(8-6-12)16(10-19)14-9-13(18)3-4-15(14)17/h3-4,9,11-12,16H,5-8,10,19H2,1-2H3. The molecule has 20 heavy (non-hydrogen) atoms. The van der Waals surface area contributed by atoms with Crippen LogP contribution < -0.4 is 5.73 Å². The van der Waals surface area contributed by atoms with Gasteiger partial charge < -0.3 is 5.73 Å². The molecule has 0 radical (unpaired) electrons. The van der Waals surface area contributed by atoms with Crippen LogP contribution in [0, 0.1) is 17.7 Å². The lowest BCUT2D eigenvalue weighted by atomic mass is 9.86. The van der Waals surface area contributed by atoms with Gasteiger partial charge in [0.15, 0.2) is 0 Å². The summed E-state index contributed by atoms with van der Waals surface area (Å²) in [4.78, 5) is 2.40. The predicted molar refractivity (Wildman–Crippen MR) is 85.0 cm³/mol. The van der Waals surface area contributed by atoms with Gasteiger partial charge in [0.25, 0.3) is 0 Å². The molecule has 1 aliphatic rings. The second kappa shape index (κ2) is 7.01. The quantitative estimate of drug-likeness (QED) is 0.897. The number of hydrogen-bond acceptors (Lipinski definition) is 2. The number of rotatable bonds is 4. The molecule has 112 valence electrons. The summed E-state index contributed by atoms with van der Waals surface area (Å²) in [7, 11) is 0. The molecule has 1 aromatic rings. The molecule has 0 saturated carbocycles. The number of hydrogen-bond donors (Lipinski definition) is 1. The van der Waals surface area contributed by atoms with E-state index < -0.39 is 0 Å². The van der Waals surface area contributed by atoms with Crippen LogP contribution in [-0.4, -0.2) is 24.5 Å². The summed E-state index contributed by atoms with van der Waals surface area (Å²) in [6, 6.07) is 4.96. The molecule has 0 aliphatic carbocycles. The van der Waals surface area contributed by atoms with E-state index in [1.54, 1.807) is 12.1 Å². The van der Waals surface area contributed by atoms with Crippen molar-refractivity contribution in [1.29, 1.82) is 0 Å². The third-order valence-electron chi connectivity index (χ3n) is 4.50. The van der Waals surface area contributed by atoms with Gasteiger partial charge in [0, 0.05) is 17.1 Å². The second-order valence-electron chi connectivity index (χ2n) is 6.03. The van der Waals surface area contributed by atoms with Crippen molar-refractivity contribution in [3.8, 4) is 0 Å². The van der Waals surface area contributed by atoms with Gasteiger partial charge in [0.05, 0.1) is 0 Å². The van der Waals surface area contributed by atoms with Crippen LogP contribution in [0.3, 0.4) is 0 Å². The van der Waals surface area contributed by atoms with Gasteiger partial charge in [-0.05, 0) is 61.5 Å². The monoisotopic (exact) mass is 342 g/mol. The molecule has 2 nitrogen and oxygen atoms in total. The Bertz CT molecular complexity index is 442. The zero-order valence-corrected chi connectivity index (χ0v) is 13.9. The number of likely N-dealkylation sites (tertiary alicyclic amines) is 1. The first-order valence-corrected chi connectivity index (χ1v) is 8.21. The van der Waals surface area contributed by atoms with E-state index >= 15 is 0 Å². The molecule has 0 amide bonds. The van der Waals surface area contributed by atoms with E-state index in [9.17, 15) is 4.39 Å². The number of halogens is 2. The molecule has 1 aromatic carbocycles. The van der Waals surface area contributed by atoms with Crippen molar-refractivity contribution in [2.45, 2.75) is 32.7 Å². The Morgan fingerprint density at radius 2 is 2.00 bits per heavy atom. The van der Waals surface area contributed by atoms with Crippen LogP contribution in [-0.2, 0) is 0 Å². The van der Waals surface area contributed by atoms with Gasteiger partial charge in [-0.1, -0.05) is 29.8 Å². The van der Waals surface area contributed by atoms with E-state index in [1.807, 2.05) is 0 Å². The van der Waals surface area contributed by atoms with Gasteiger partial charge in [0.1, 0.15) is 5.82 Å². The highest BCUT2D eigenvalue weighted by atomic mass is 79.9. The molecule has 0 aromatic heterocycles. The number of nitrogens with zero attached hydrogens (tertiary/aromatic N) is 1. The fourth-order valence-corrected chi connectivity index (χ4v) is 3.65. The van der Waals surface area contributed by atoms with Gasteiger partial charge in [-0.3, -0.25) is 4.90 Å². The van der Waals surface area contributed by atoms with Gasteiger partial charge in [0.2, 0.25) is 0 Å². The average molecular weight is 343 g/mol. The van der Waals surface area contributed by atoms with Crippen molar-refractivity contribution in [3.63, 3.8) is 0 Å². The third kappa shape index (κ3) is 3.60. The molecule has 0 bridgehead atoms. The first-order valence-electron chi connectivity index (χ1n) is 7.42. The SMILES string of the molecule is CC(C)C1CCN(C(CN)c2cc(F)ccc2Br)CC1. The lowest BCUT2D eigenvalue weighted by Crippen LogP contribution is -2.40. The van der Waals surface area contributed by atoms with Crippen LogP contribution in [0.5, 0.6) is 0 Å². The summed E-state index contributed by atoms with van der Waals surface area (Å²) < 4.78 is 14.4. The van der Waals surface area contributed by atoms with Crippen LogP contribution >= 0.6 is 15.9 Å². The largest absolute Gasteiger partial charge is 0.329 e. The van der Waals surface area contributed by atoms with E-state index in [2.05, 4.69) is 34.7 Å². The molecule has 0 spiro atoms. The third-order valence-corrected chi connectivity index (χ3v) is 5.22. The van der Waals surface area contributed by atoms with E-state index in [0.29, 0.717) is 6.54 Å². The highest BCUT2D eigenvalue weighted by molar-refractivity contribution is 9.10. The van der Waals surface area contributed by atoms with Crippen molar-refractivity contribution >= 4 is 15.9 Å². The van der Waals surface area contributed by atoms with Crippen molar-refractivity contribution in [2.75, 3.05) is 19.6 Å². The zero-order valence-electron chi connectivity index (χ0n) is 12.3. The highest BCUT2D eigenvalue weighted by Gasteiger charge is 2.27. The molecule has 1 atom stereocenters. The van der Waals surface area contributed by atoms with Crippen LogP contribution in [0.4, 0.5) is 4.39 Å². The fraction of sp³-hybridized carbons (Fsp3) is 0.625. The normalized spacial score (nSPS) is 19.5. The molecular formula is C16H24BrFN2. The maximum atomic E-state index is 13.5. The Labute approximate surface area is 129 Å². The minimum absolute atomic E-state index is 0.105. The highest BCUT2D eigenvalue weighted by Crippen LogP contribution is 2.32. The van der Waals surface area contributed by atoms with Gasteiger partial charge in [-0.2, -0.15) is 0 Å². The average Bonchev–Trinajstić information content (AvgIpc) is 2.44. The number of piperidine rings is 1. The van der Waals surface area contributed by atoms with Crippen LogP contribution in [0.1, 0.15) is 38.3 Å². The molecule has 2 rings (SSSR count). The second-order valence-corrected chi connectivity index (χ2v) is 6.89. The van der Waals surface area contributed by atoms with Crippen molar-refractivity contribution < 1.29 is 4.39 Å². The predicted octanol–water partition coefficient (Wildman–Crippen LogP) is 3.96.